The number of aromatic hydroxyl groups is 1. The van der Waals surface area contributed by atoms with Crippen LogP contribution in [0.25, 0.3) is 4.85 Å². The van der Waals surface area contributed by atoms with Gasteiger partial charge in [0.05, 0.1) is 6.57 Å². The van der Waals surface area contributed by atoms with Gasteiger partial charge in [-0.1, -0.05) is 13.3 Å². The molecule has 0 unspecified atom stereocenters. The second-order valence-electron chi connectivity index (χ2n) is 3.45. The van der Waals surface area contributed by atoms with Crippen LogP contribution in [0.15, 0.2) is 10.9 Å². The Morgan fingerprint density at radius 2 is 2.27 bits per heavy atom. The van der Waals surface area contributed by atoms with Crippen LogP contribution in [-0.2, 0) is 6.54 Å². The molecule has 1 aromatic rings. The molecule has 4 nitrogen and oxygen atoms in total. The number of rotatable bonds is 3. The molecule has 0 spiro atoms. The highest BCUT2D eigenvalue weighted by atomic mass is 16.3. The van der Waals surface area contributed by atoms with E-state index >= 15 is 0 Å². The predicted molar refractivity (Wildman–Crippen MR) is 58.3 cm³/mol. The van der Waals surface area contributed by atoms with Crippen LogP contribution in [0.1, 0.15) is 25.3 Å². The summed E-state index contributed by atoms with van der Waals surface area (Å²) in [5.41, 5.74) is 0.455. The van der Waals surface area contributed by atoms with Gasteiger partial charge in [0, 0.05) is 6.54 Å². The van der Waals surface area contributed by atoms with E-state index in [1.165, 1.54) is 10.6 Å². The lowest BCUT2D eigenvalue weighted by Gasteiger charge is -2.10. The second kappa shape index (κ2) is 4.65. The molecule has 0 radical (unpaired) electrons. The van der Waals surface area contributed by atoms with E-state index in [2.05, 4.69) is 4.85 Å². The van der Waals surface area contributed by atoms with Gasteiger partial charge in [-0.05, 0) is 25.0 Å². The molecule has 1 N–H and O–H groups in total. The van der Waals surface area contributed by atoms with Crippen LogP contribution in [0.5, 0.6) is 5.88 Å². The molecular formula is C11H14N2O2. The first-order valence-corrected chi connectivity index (χ1v) is 4.92. The van der Waals surface area contributed by atoms with Crippen molar-refractivity contribution >= 4 is 5.69 Å². The fourth-order valence-corrected chi connectivity index (χ4v) is 1.41. The summed E-state index contributed by atoms with van der Waals surface area (Å²) in [5.74, 6) is -0.205. The molecule has 15 heavy (non-hydrogen) atoms. The van der Waals surface area contributed by atoms with E-state index in [0.29, 0.717) is 12.1 Å². The van der Waals surface area contributed by atoms with Crippen molar-refractivity contribution in [1.29, 1.82) is 0 Å². The Kier molecular flexibility index (Phi) is 3.51. The highest BCUT2D eigenvalue weighted by molar-refractivity contribution is 5.58. The molecular weight excluding hydrogens is 192 g/mol. The molecule has 1 aromatic heterocycles. The van der Waals surface area contributed by atoms with Crippen LogP contribution in [-0.4, -0.2) is 9.67 Å². The average molecular weight is 206 g/mol. The van der Waals surface area contributed by atoms with Crippen molar-refractivity contribution in [2.75, 3.05) is 0 Å². The number of aromatic nitrogens is 1. The van der Waals surface area contributed by atoms with Gasteiger partial charge in [-0.25, -0.2) is 4.85 Å². The molecule has 4 heteroatoms. The maximum atomic E-state index is 11.5. The summed E-state index contributed by atoms with van der Waals surface area (Å²) in [5, 5.41) is 9.73. The topological polar surface area (TPSA) is 46.6 Å². The molecule has 80 valence electrons. The summed E-state index contributed by atoms with van der Waals surface area (Å²) in [6, 6.07) is 1.39. The number of pyridine rings is 1. The van der Waals surface area contributed by atoms with Gasteiger partial charge in [-0.15, -0.1) is 0 Å². The number of hydrogen-bond acceptors (Lipinski definition) is 2. The fraction of sp³-hybridized carbons (Fsp3) is 0.455. The van der Waals surface area contributed by atoms with Crippen molar-refractivity contribution in [2.24, 2.45) is 0 Å². The predicted octanol–water partition coefficient (Wildman–Crippen LogP) is 2.21. The number of hydrogen-bond donors (Lipinski definition) is 1. The molecule has 1 rings (SSSR count). The lowest BCUT2D eigenvalue weighted by molar-refractivity contribution is 0.404. The molecule has 0 saturated heterocycles. The lowest BCUT2D eigenvalue weighted by atomic mass is 10.2. The van der Waals surface area contributed by atoms with Gasteiger partial charge in [0.2, 0.25) is 5.69 Å². The van der Waals surface area contributed by atoms with E-state index in [1.54, 1.807) is 6.92 Å². The molecule has 0 fully saturated rings. The van der Waals surface area contributed by atoms with Gasteiger partial charge in [0.15, 0.2) is 5.88 Å². The second-order valence-corrected chi connectivity index (χ2v) is 3.45. The first kappa shape index (κ1) is 11.3. The largest absolute Gasteiger partial charge is 0.503 e. The van der Waals surface area contributed by atoms with Crippen molar-refractivity contribution in [1.82, 2.24) is 4.57 Å². The van der Waals surface area contributed by atoms with Crippen molar-refractivity contribution < 1.29 is 5.11 Å². The third-order valence-electron chi connectivity index (χ3n) is 2.29. The summed E-state index contributed by atoms with van der Waals surface area (Å²) in [4.78, 5) is 14.8. The van der Waals surface area contributed by atoms with Crippen LogP contribution in [0.2, 0.25) is 0 Å². The molecule has 0 atom stereocenters. The summed E-state index contributed by atoms with van der Waals surface area (Å²) >= 11 is 0. The normalized spacial score (nSPS) is 9.93. The van der Waals surface area contributed by atoms with Crippen molar-refractivity contribution in [3.05, 3.63) is 33.4 Å². The summed E-state index contributed by atoms with van der Waals surface area (Å²) in [6.45, 7) is 11.0. The Balaban J connectivity index is 3.28. The van der Waals surface area contributed by atoms with Gasteiger partial charge in [-0.2, -0.15) is 0 Å². The van der Waals surface area contributed by atoms with E-state index in [9.17, 15) is 9.90 Å². The van der Waals surface area contributed by atoms with Gasteiger partial charge in [0.1, 0.15) is 0 Å². The minimum Gasteiger partial charge on any atom is -0.503 e. The zero-order chi connectivity index (χ0) is 11.4. The quantitative estimate of drug-likeness (QED) is 0.771. The zero-order valence-electron chi connectivity index (χ0n) is 8.95. The maximum Gasteiger partial charge on any atom is 0.251 e. The molecule has 1 heterocycles. The molecule has 0 bridgehead atoms. The SMILES string of the molecule is [C-]#[N+]c1c(C)cc(=O)n(CCCC)c1O. The highest BCUT2D eigenvalue weighted by Gasteiger charge is 2.11. The highest BCUT2D eigenvalue weighted by Crippen LogP contribution is 2.28. The summed E-state index contributed by atoms with van der Waals surface area (Å²) in [7, 11) is 0. The van der Waals surface area contributed by atoms with E-state index in [-0.39, 0.29) is 17.1 Å². The Hall–Kier alpha value is -1.76. The Morgan fingerprint density at radius 3 is 2.80 bits per heavy atom. The summed E-state index contributed by atoms with van der Waals surface area (Å²) in [6.07, 6.45) is 1.75. The van der Waals surface area contributed by atoms with Crippen LogP contribution < -0.4 is 5.56 Å². The van der Waals surface area contributed by atoms with Gasteiger partial charge >= 0.3 is 0 Å². The first-order valence-electron chi connectivity index (χ1n) is 4.92. The van der Waals surface area contributed by atoms with Crippen molar-refractivity contribution in [2.45, 2.75) is 33.2 Å². The van der Waals surface area contributed by atoms with E-state index in [0.717, 1.165) is 12.8 Å². The standard InChI is InChI=1S/C11H14N2O2/c1-4-5-6-13-9(14)7-8(2)10(12-3)11(13)15/h7,15H,4-6H2,1-2H3. The smallest absolute Gasteiger partial charge is 0.251 e. The van der Waals surface area contributed by atoms with Gasteiger partial charge in [0.25, 0.3) is 5.56 Å². The average Bonchev–Trinajstić information content (AvgIpc) is 2.17. The molecule has 0 aliphatic rings. The molecule has 0 aliphatic carbocycles. The lowest BCUT2D eigenvalue weighted by Crippen LogP contribution is -2.19. The van der Waals surface area contributed by atoms with E-state index in [4.69, 9.17) is 6.57 Å². The van der Waals surface area contributed by atoms with Crippen LogP contribution in [0.3, 0.4) is 0 Å². The third-order valence-corrected chi connectivity index (χ3v) is 2.29. The van der Waals surface area contributed by atoms with E-state index < -0.39 is 0 Å². The molecule has 0 aliphatic heterocycles. The van der Waals surface area contributed by atoms with Crippen LogP contribution in [0, 0.1) is 13.5 Å². The van der Waals surface area contributed by atoms with E-state index in [1.807, 2.05) is 6.92 Å². The monoisotopic (exact) mass is 206 g/mol. The Labute approximate surface area is 88.6 Å². The fourth-order valence-electron chi connectivity index (χ4n) is 1.41. The summed E-state index contributed by atoms with van der Waals surface area (Å²) < 4.78 is 1.25. The Morgan fingerprint density at radius 1 is 1.60 bits per heavy atom. The van der Waals surface area contributed by atoms with Gasteiger partial charge in [-0.3, -0.25) is 9.36 Å². The minimum atomic E-state index is -0.245. The zero-order valence-corrected chi connectivity index (χ0v) is 8.95. The van der Waals surface area contributed by atoms with Gasteiger partial charge < -0.3 is 5.11 Å². The number of aryl methyl sites for hydroxylation is 1. The minimum absolute atomic E-state index is 0.172. The number of unbranched alkanes of at least 4 members (excludes halogenated alkanes) is 1. The van der Waals surface area contributed by atoms with Crippen molar-refractivity contribution in [3.63, 3.8) is 0 Å². The number of nitrogens with zero attached hydrogens (tertiary/aromatic N) is 2. The maximum absolute atomic E-state index is 11.5. The first-order chi connectivity index (χ1) is 7.11. The Bertz CT molecular complexity index is 455. The van der Waals surface area contributed by atoms with Crippen LogP contribution >= 0.6 is 0 Å². The molecule has 0 amide bonds. The van der Waals surface area contributed by atoms with Crippen LogP contribution in [0.4, 0.5) is 5.69 Å². The third kappa shape index (κ3) is 2.18. The molecule has 0 aromatic carbocycles. The molecule has 0 saturated carbocycles. The van der Waals surface area contributed by atoms with Crippen molar-refractivity contribution in [3.8, 4) is 5.88 Å².